The van der Waals surface area contributed by atoms with Gasteiger partial charge in [-0.3, -0.25) is 9.59 Å². The Balaban J connectivity index is 2.09. The minimum absolute atomic E-state index is 0.0871. The number of thioether (sulfide) groups is 1. The van der Waals surface area contributed by atoms with Crippen molar-refractivity contribution in [3.05, 3.63) is 69.2 Å². The zero-order chi connectivity index (χ0) is 23.0. The van der Waals surface area contributed by atoms with Crippen LogP contribution in [0.3, 0.4) is 0 Å². The average Bonchev–Trinajstić information content (AvgIpc) is 2.72. The molecule has 168 valence electrons. The number of halogens is 2. The highest BCUT2D eigenvalue weighted by Crippen LogP contribution is 2.24. The van der Waals surface area contributed by atoms with Crippen molar-refractivity contribution in [1.29, 1.82) is 0 Å². The summed E-state index contributed by atoms with van der Waals surface area (Å²) in [7, 11) is 0. The second-order valence-corrected chi connectivity index (χ2v) is 9.87. The second kappa shape index (κ2) is 12.4. The van der Waals surface area contributed by atoms with E-state index in [9.17, 15) is 9.59 Å². The summed E-state index contributed by atoms with van der Waals surface area (Å²) in [4.78, 5) is 27.4. The van der Waals surface area contributed by atoms with E-state index >= 15 is 0 Å². The molecule has 0 unspecified atom stereocenters. The SMILES string of the molecule is Cc1cccc(CSCC(=O)N(Cc2ccc(Cl)c(Cl)c2)[C@@H](C)C(=O)NCC(C)C)c1. The van der Waals surface area contributed by atoms with Crippen molar-refractivity contribution >= 4 is 46.8 Å². The third kappa shape index (κ3) is 8.40. The number of nitrogens with zero attached hydrogens (tertiary/aromatic N) is 1. The van der Waals surface area contributed by atoms with Gasteiger partial charge in [-0.1, -0.05) is 72.9 Å². The number of hydrogen-bond acceptors (Lipinski definition) is 3. The highest BCUT2D eigenvalue weighted by Gasteiger charge is 2.26. The number of hydrogen-bond donors (Lipinski definition) is 1. The molecule has 31 heavy (non-hydrogen) atoms. The van der Waals surface area contributed by atoms with Crippen LogP contribution in [-0.2, 0) is 21.9 Å². The van der Waals surface area contributed by atoms with E-state index in [1.807, 2.05) is 26.0 Å². The molecule has 2 aromatic carbocycles. The number of amides is 2. The van der Waals surface area contributed by atoms with Crippen molar-refractivity contribution < 1.29 is 9.59 Å². The molecule has 0 aliphatic carbocycles. The minimum atomic E-state index is -0.597. The van der Waals surface area contributed by atoms with Gasteiger partial charge in [0.15, 0.2) is 0 Å². The summed E-state index contributed by atoms with van der Waals surface area (Å²) >= 11 is 13.7. The first-order valence-corrected chi connectivity index (χ1v) is 12.2. The van der Waals surface area contributed by atoms with Gasteiger partial charge in [0, 0.05) is 18.8 Å². The molecule has 0 aliphatic rings. The van der Waals surface area contributed by atoms with Gasteiger partial charge >= 0.3 is 0 Å². The van der Waals surface area contributed by atoms with Gasteiger partial charge in [-0.2, -0.15) is 0 Å². The van der Waals surface area contributed by atoms with Crippen LogP contribution in [-0.4, -0.2) is 35.1 Å². The first-order valence-electron chi connectivity index (χ1n) is 10.3. The molecule has 2 rings (SSSR count). The Kier molecular flexibility index (Phi) is 10.2. The molecule has 2 amide bonds. The third-order valence-electron chi connectivity index (χ3n) is 4.77. The predicted octanol–water partition coefficient (Wildman–Crippen LogP) is 5.72. The molecule has 1 N–H and O–H groups in total. The number of nitrogens with one attached hydrogen (secondary N) is 1. The van der Waals surface area contributed by atoms with E-state index < -0.39 is 6.04 Å². The van der Waals surface area contributed by atoms with Gasteiger partial charge in [0.25, 0.3) is 0 Å². The highest BCUT2D eigenvalue weighted by atomic mass is 35.5. The summed E-state index contributed by atoms with van der Waals surface area (Å²) in [5.74, 6) is 1.11. The molecule has 0 heterocycles. The monoisotopic (exact) mass is 480 g/mol. The lowest BCUT2D eigenvalue weighted by molar-refractivity contribution is -0.138. The maximum atomic E-state index is 13.1. The Labute approximate surface area is 199 Å². The van der Waals surface area contributed by atoms with Crippen molar-refractivity contribution in [2.24, 2.45) is 5.92 Å². The summed E-state index contributed by atoms with van der Waals surface area (Å²) in [6.07, 6.45) is 0. The van der Waals surface area contributed by atoms with E-state index in [1.54, 1.807) is 35.7 Å². The molecule has 0 aliphatic heterocycles. The average molecular weight is 481 g/mol. The van der Waals surface area contributed by atoms with Crippen molar-refractivity contribution in [2.75, 3.05) is 12.3 Å². The summed E-state index contributed by atoms with van der Waals surface area (Å²) in [5, 5.41) is 3.81. The molecule has 0 saturated carbocycles. The molecular weight excluding hydrogens is 451 g/mol. The van der Waals surface area contributed by atoms with Crippen molar-refractivity contribution in [1.82, 2.24) is 10.2 Å². The smallest absolute Gasteiger partial charge is 0.242 e. The van der Waals surface area contributed by atoms with Crippen LogP contribution in [0.15, 0.2) is 42.5 Å². The van der Waals surface area contributed by atoms with E-state index in [1.165, 1.54) is 11.1 Å². The molecule has 0 saturated heterocycles. The lowest BCUT2D eigenvalue weighted by Crippen LogP contribution is -2.48. The third-order valence-corrected chi connectivity index (χ3v) is 6.49. The molecule has 0 fully saturated rings. The largest absolute Gasteiger partial charge is 0.354 e. The van der Waals surface area contributed by atoms with Gasteiger partial charge in [0.2, 0.25) is 11.8 Å². The summed E-state index contributed by atoms with van der Waals surface area (Å²) in [5.41, 5.74) is 3.20. The number of benzene rings is 2. The zero-order valence-corrected chi connectivity index (χ0v) is 20.8. The number of aryl methyl sites for hydroxylation is 1. The van der Waals surface area contributed by atoms with Gasteiger partial charge in [0.1, 0.15) is 6.04 Å². The first-order chi connectivity index (χ1) is 14.7. The van der Waals surface area contributed by atoms with E-state index in [4.69, 9.17) is 23.2 Å². The van der Waals surface area contributed by atoms with Crippen LogP contribution in [0.1, 0.15) is 37.5 Å². The van der Waals surface area contributed by atoms with Crippen molar-refractivity contribution in [3.8, 4) is 0 Å². The van der Waals surface area contributed by atoms with Crippen molar-refractivity contribution in [3.63, 3.8) is 0 Å². The topological polar surface area (TPSA) is 49.4 Å². The standard InChI is InChI=1S/C24H30Cl2N2O2S/c1-16(2)12-27-24(30)18(4)28(13-19-8-9-21(25)22(26)11-19)23(29)15-31-14-20-7-5-6-17(3)10-20/h5-11,16,18H,12-15H2,1-4H3,(H,27,30)/t18-/m0/s1. The van der Waals surface area contributed by atoms with E-state index in [0.29, 0.717) is 22.5 Å². The summed E-state index contributed by atoms with van der Waals surface area (Å²) < 4.78 is 0. The van der Waals surface area contributed by atoms with Gasteiger partial charge < -0.3 is 10.2 Å². The van der Waals surface area contributed by atoms with Gasteiger partial charge in [-0.25, -0.2) is 0 Å². The normalized spacial score (nSPS) is 12.0. The molecular formula is C24H30Cl2N2O2S. The molecule has 0 spiro atoms. The Morgan fingerprint density at radius 2 is 1.77 bits per heavy atom. The Bertz CT molecular complexity index is 905. The summed E-state index contributed by atoms with van der Waals surface area (Å²) in [6, 6.07) is 12.9. The van der Waals surface area contributed by atoms with Crippen LogP contribution in [0, 0.1) is 12.8 Å². The first kappa shape index (κ1) is 25.6. The number of carbonyl (C=O) groups excluding carboxylic acids is 2. The molecule has 7 heteroatoms. The predicted molar refractivity (Wildman–Crippen MR) is 132 cm³/mol. The van der Waals surface area contributed by atoms with Gasteiger partial charge in [-0.05, 0) is 43.0 Å². The molecule has 4 nitrogen and oxygen atoms in total. The Morgan fingerprint density at radius 3 is 2.42 bits per heavy atom. The van der Waals surface area contributed by atoms with Crippen LogP contribution in [0.2, 0.25) is 10.0 Å². The van der Waals surface area contributed by atoms with Crippen LogP contribution in [0.5, 0.6) is 0 Å². The molecule has 1 atom stereocenters. The Hall–Kier alpha value is -1.69. The fourth-order valence-electron chi connectivity index (χ4n) is 3.01. The number of rotatable bonds is 10. The Morgan fingerprint density at radius 1 is 1.03 bits per heavy atom. The molecule has 2 aromatic rings. The lowest BCUT2D eigenvalue weighted by Gasteiger charge is -2.29. The fraction of sp³-hybridized carbons (Fsp3) is 0.417. The van der Waals surface area contributed by atoms with Crippen molar-refractivity contribution in [2.45, 2.75) is 46.0 Å². The van der Waals surface area contributed by atoms with Crippen LogP contribution in [0.4, 0.5) is 0 Å². The molecule has 0 radical (unpaired) electrons. The number of carbonyl (C=O) groups is 2. The molecule has 0 aromatic heterocycles. The van der Waals surface area contributed by atoms with Gasteiger partial charge in [0.05, 0.1) is 15.8 Å². The lowest BCUT2D eigenvalue weighted by atomic mass is 10.1. The van der Waals surface area contributed by atoms with E-state index in [0.717, 1.165) is 11.3 Å². The van der Waals surface area contributed by atoms with E-state index in [-0.39, 0.29) is 24.1 Å². The van der Waals surface area contributed by atoms with E-state index in [2.05, 4.69) is 30.4 Å². The zero-order valence-electron chi connectivity index (χ0n) is 18.5. The van der Waals surface area contributed by atoms with Crippen LogP contribution in [0.25, 0.3) is 0 Å². The maximum Gasteiger partial charge on any atom is 0.242 e. The highest BCUT2D eigenvalue weighted by molar-refractivity contribution is 7.99. The summed E-state index contributed by atoms with van der Waals surface area (Å²) in [6.45, 7) is 8.74. The fourth-order valence-corrected chi connectivity index (χ4v) is 4.19. The molecule has 0 bridgehead atoms. The minimum Gasteiger partial charge on any atom is -0.354 e. The maximum absolute atomic E-state index is 13.1. The quantitative estimate of drug-likeness (QED) is 0.472. The van der Waals surface area contributed by atoms with Crippen LogP contribution >= 0.6 is 35.0 Å². The second-order valence-electron chi connectivity index (χ2n) is 8.07. The van der Waals surface area contributed by atoms with Crippen LogP contribution < -0.4 is 5.32 Å². The van der Waals surface area contributed by atoms with Gasteiger partial charge in [-0.15, -0.1) is 11.8 Å².